The van der Waals surface area contributed by atoms with Crippen molar-refractivity contribution in [2.75, 3.05) is 31.1 Å². The van der Waals surface area contributed by atoms with Gasteiger partial charge >= 0.3 is 0 Å². The maximum atomic E-state index is 9.33. The van der Waals surface area contributed by atoms with E-state index in [4.69, 9.17) is 4.42 Å². The SMILES string of the molecule is N#Cc1nc(C2CC2)oc1N1CCN(Cc2ccccc2Br)CC1. The Kier molecular flexibility index (Phi) is 4.30. The molecule has 1 aliphatic carbocycles. The number of oxazole rings is 1. The van der Waals surface area contributed by atoms with Gasteiger partial charge in [0.25, 0.3) is 0 Å². The standard InChI is InChI=1S/C18H19BrN4O/c19-15-4-2-1-3-14(15)12-22-7-9-23(10-8-22)18-16(11-20)21-17(24-18)13-5-6-13/h1-4,13H,5-10,12H2. The van der Waals surface area contributed by atoms with E-state index in [0.717, 1.165) is 55.9 Å². The summed E-state index contributed by atoms with van der Waals surface area (Å²) in [6.45, 7) is 4.55. The molecular weight excluding hydrogens is 368 g/mol. The molecule has 2 fully saturated rings. The normalized spacial score (nSPS) is 18.6. The second kappa shape index (κ2) is 6.58. The van der Waals surface area contributed by atoms with E-state index in [0.29, 0.717) is 17.5 Å². The summed E-state index contributed by atoms with van der Waals surface area (Å²) in [5.74, 6) is 1.85. The van der Waals surface area contributed by atoms with E-state index in [9.17, 15) is 5.26 Å². The average molecular weight is 387 g/mol. The fourth-order valence-electron chi connectivity index (χ4n) is 3.10. The molecule has 1 saturated heterocycles. The predicted octanol–water partition coefficient (Wildman–Crippen LogP) is 3.51. The fourth-order valence-corrected chi connectivity index (χ4v) is 3.51. The van der Waals surface area contributed by atoms with Gasteiger partial charge < -0.3 is 9.32 Å². The Labute approximate surface area is 150 Å². The molecule has 0 atom stereocenters. The molecule has 2 aliphatic rings. The van der Waals surface area contributed by atoms with Gasteiger partial charge in [-0.1, -0.05) is 34.1 Å². The third-order valence-corrected chi connectivity index (χ3v) is 5.44. The Hall–Kier alpha value is -1.84. The zero-order valence-electron chi connectivity index (χ0n) is 13.4. The number of aromatic nitrogens is 1. The van der Waals surface area contributed by atoms with Crippen molar-refractivity contribution in [2.24, 2.45) is 0 Å². The minimum atomic E-state index is 0.433. The third kappa shape index (κ3) is 3.19. The molecule has 24 heavy (non-hydrogen) atoms. The molecule has 6 heteroatoms. The Bertz CT molecular complexity index is 770. The largest absolute Gasteiger partial charge is 0.423 e. The first-order valence-electron chi connectivity index (χ1n) is 8.36. The van der Waals surface area contributed by atoms with E-state index < -0.39 is 0 Å². The van der Waals surface area contributed by atoms with Gasteiger partial charge in [0.2, 0.25) is 17.5 Å². The highest BCUT2D eigenvalue weighted by atomic mass is 79.9. The lowest BCUT2D eigenvalue weighted by atomic mass is 10.2. The molecule has 1 aromatic carbocycles. The number of nitriles is 1. The molecular formula is C18H19BrN4O. The maximum Gasteiger partial charge on any atom is 0.234 e. The molecule has 1 aromatic heterocycles. The number of hydrogen-bond acceptors (Lipinski definition) is 5. The van der Waals surface area contributed by atoms with Crippen molar-refractivity contribution < 1.29 is 4.42 Å². The van der Waals surface area contributed by atoms with Gasteiger partial charge in [-0.05, 0) is 24.5 Å². The average Bonchev–Trinajstić information content (AvgIpc) is 3.37. The van der Waals surface area contributed by atoms with Gasteiger partial charge in [-0.15, -0.1) is 0 Å². The summed E-state index contributed by atoms with van der Waals surface area (Å²) in [6.07, 6.45) is 2.26. The molecule has 124 valence electrons. The number of piperazine rings is 1. The lowest BCUT2D eigenvalue weighted by Crippen LogP contribution is -2.46. The van der Waals surface area contributed by atoms with Crippen molar-refractivity contribution in [3.05, 3.63) is 45.9 Å². The van der Waals surface area contributed by atoms with Gasteiger partial charge in [-0.3, -0.25) is 4.90 Å². The van der Waals surface area contributed by atoms with E-state index in [-0.39, 0.29) is 0 Å². The molecule has 0 bridgehead atoms. The highest BCUT2D eigenvalue weighted by molar-refractivity contribution is 9.10. The van der Waals surface area contributed by atoms with Gasteiger partial charge in [-0.25, -0.2) is 4.98 Å². The molecule has 1 saturated carbocycles. The monoisotopic (exact) mass is 386 g/mol. The summed E-state index contributed by atoms with van der Waals surface area (Å²) >= 11 is 3.62. The third-order valence-electron chi connectivity index (χ3n) is 4.67. The van der Waals surface area contributed by atoms with Crippen LogP contribution >= 0.6 is 15.9 Å². The van der Waals surface area contributed by atoms with Crippen LogP contribution in [0.2, 0.25) is 0 Å². The van der Waals surface area contributed by atoms with Crippen LogP contribution in [-0.2, 0) is 6.54 Å². The molecule has 2 aromatic rings. The predicted molar refractivity (Wildman–Crippen MR) is 94.8 cm³/mol. The first-order chi connectivity index (χ1) is 11.7. The molecule has 1 aliphatic heterocycles. The van der Waals surface area contributed by atoms with Crippen molar-refractivity contribution in [1.82, 2.24) is 9.88 Å². The van der Waals surface area contributed by atoms with Crippen LogP contribution in [0.5, 0.6) is 0 Å². The van der Waals surface area contributed by atoms with Gasteiger partial charge in [0, 0.05) is 43.1 Å². The van der Waals surface area contributed by atoms with E-state index >= 15 is 0 Å². The molecule has 0 amide bonds. The summed E-state index contributed by atoms with van der Waals surface area (Å²) < 4.78 is 7.06. The van der Waals surface area contributed by atoms with Crippen LogP contribution in [0.4, 0.5) is 5.88 Å². The van der Waals surface area contributed by atoms with Crippen LogP contribution in [0, 0.1) is 11.3 Å². The summed E-state index contributed by atoms with van der Waals surface area (Å²) in [4.78, 5) is 8.97. The number of nitrogens with zero attached hydrogens (tertiary/aromatic N) is 4. The molecule has 0 unspecified atom stereocenters. The highest BCUT2D eigenvalue weighted by Crippen LogP contribution is 2.41. The zero-order chi connectivity index (χ0) is 16.5. The van der Waals surface area contributed by atoms with Crippen molar-refractivity contribution in [3.8, 4) is 6.07 Å². The molecule has 4 rings (SSSR count). The van der Waals surface area contributed by atoms with Crippen LogP contribution in [-0.4, -0.2) is 36.1 Å². The van der Waals surface area contributed by atoms with E-state index in [1.165, 1.54) is 5.56 Å². The minimum Gasteiger partial charge on any atom is -0.423 e. The summed E-state index contributed by atoms with van der Waals surface area (Å²) in [5.41, 5.74) is 1.75. The molecule has 0 N–H and O–H groups in total. The van der Waals surface area contributed by atoms with E-state index in [1.54, 1.807) is 0 Å². The van der Waals surface area contributed by atoms with Crippen molar-refractivity contribution >= 4 is 21.8 Å². The van der Waals surface area contributed by atoms with E-state index in [2.05, 4.69) is 55.0 Å². The van der Waals surface area contributed by atoms with Crippen molar-refractivity contribution in [2.45, 2.75) is 25.3 Å². The molecule has 2 heterocycles. The lowest BCUT2D eigenvalue weighted by molar-refractivity contribution is 0.245. The maximum absolute atomic E-state index is 9.33. The Morgan fingerprint density at radius 3 is 2.62 bits per heavy atom. The van der Waals surface area contributed by atoms with Gasteiger partial charge in [-0.2, -0.15) is 5.26 Å². The lowest BCUT2D eigenvalue weighted by Gasteiger charge is -2.34. The summed E-state index contributed by atoms with van der Waals surface area (Å²) in [6, 6.07) is 10.5. The number of anilines is 1. The van der Waals surface area contributed by atoms with Crippen LogP contribution in [0.25, 0.3) is 0 Å². The summed E-state index contributed by atoms with van der Waals surface area (Å²) in [5, 5.41) is 9.33. The van der Waals surface area contributed by atoms with Crippen LogP contribution in [0.15, 0.2) is 33.2 Å². The highest BCUT2D eigenvalue weighted by Gasteiger charge is 2.32. The Balaban J connectivity index is 1.41. The summed E-state index contributed by atoms with van der Waals surface area (Å²) in [7, 11) is 0. The first-order valence-corrected chi connectivity index (χ1v) is 9.15. The molecule has 5 nitrogen and oxygen atoms in total. The van der Waals surface area contributed by atoms with Gasteiger partial charge in [0.15, 0.2) is 0 Å². The second-order valence-corrected chi connectivity index (χ2v) is 7.30. The smallest absolute Gasteiger partial charge is 0.234 e. The number of rotatable bonds is 4. The van der Waals surface area contributed by atoms with Crippen molar-refractivity contribution in [1.29, 1.82) is 5.26 Å². The molecule has 0 radical (unpaired) electrons. The van der Waals surface area contributed by atoms with Gasteiger partial charge in [0.05, 0.1) is 0 Å². The van der Waals surface area contributed by atoms with Crippen molar-refractivity contribution in [3.63, 3.8) is 0 Å². The zero-order valence-corrected chi connectivity index (χ0v) is 15.0. The first kappa shape index (κ1) is 15.7. The number of benzene rings is 1. The second-order valence-electron chi connectivity index (χ2n) is 6.45. The number of hydrogen-bond donors (Lipinski definition) is 0. The van der Waals surface area contributed by atoms with Crippen LogP contribution < -0.4 is 4.90 Å². The topological polar surface area (TPSA) is 56.3 Å². The van der Waals surface area contributed by atoms with Crippen LogP contribution in [0.1, 0.15) is 35.9 Å². The number of halogens is 1. The molecule has 0 spiro atoms. The van der Waals surface area contributed by atoms with Gasteiger partial charge in [0.1, 0.15) is 6.07 Å². The minimum absolute atomic E-state index is 0.433. The Morgan fingerprint density at radius 1 is 1.21 bits per heavy atom. The van der Waals surface area contributed by atoms with E-state index in [1.807, 2.05) is 6.07 Å². The Morgan fingerprint density at radius 2 is 1.96 bits per heavy atom. The quantitative estimate of drug-likeness (QED) is 0.804. The van der Waals surface area contributed by atoms with Crippen LogP contribution in [0.3, 0.4) is 0 Å². The fraction of sp³-hybridized carbons (Fsp3) is 0.444.